The minimum Gasteiger partial charge on any atom is -0.378 e. The molecular weight excluding hydrogens is 534 g/mol. The number of hydrogen-bond donors (Lipinski definition) is 3. The molecule has 1 aliphatic heterocycles. The van der Waals surface area contributed by atoms with E-state index in [1.54, 1.807) is 6.07 Å². The number of carbonyl (C=O) groups excluding carboxylic acids is 2. The van der Waals surface area contributed by atoms with Crippen molar-refractivity contribution in [1.82, 2.24) is 20.3 Å². The minimum absolute atomic E-state index is 0.0534. The molecule has 5 rings (SSSR count). The molecule has 4 aromatic rings. The topological polar surface area (TPSA) is 129 Å². The smallest absolute Gasteiger partial charge is 0.262 e. The van der Waals surface area contributed by atoms with Gasteiger partial charge in [-0.15, -0.1) is 0 Å². The van der Waals surface area contributed by atoms with Crippen LogP contribution in [0.5, 0.6) is 0 Å². The van der Waals surface area contributed by atoms with Crippen LogP contribution in [0.1, 0.15) is 26.3 Å². The van der Waals surface area contributed by atoms with Crippen LogP contribution < -0.4 is 21.1 Å². The molecule has 10 nitrogen and oxygen atoms in total. The number of amides is 2. The van der Waals surface area contributed by atoms with Crippen molar-refractivity contribution >= 4 is 46.1 Å². The van der Waals surface area contributed by atoms with Gasteiger partial charge in [0.05, 0.1) is 29.5 Å². The zero-order valence-corrected chi connectivity index (χ0v) is 21.0. The van der Waals surface area contributed by atoms with Gasteiger partial charge >= 0.3 is 0 Å². The number of benzene rings is 2. The molecule has 39 heavy (non-hydrogen) atoms. The highest BCUT2D eigenvalue weighted by Crippen LogP contribution is 2.26. The summed E-state index contributed by atoms with van der Waals surface area (Å²) in [6, 6.07) is 8.84. The van der Waals surface area contributed by atoms with E-state index in [9.17, 15) is 23.2 Å². The Kier molecular flexibility index (Phi) is 7.48. The van der Waals surface area contributed by atoms with E-state index in [4.69, 9.17) is 16.3 Å². The van der Waals surface area contributed by atoms with Crippen molar-refractivity contribution in [3.05, 3.63) is 92.4 Å². The second kappa shape index (κ2) is 11.1. The van der Waals surface area contributed by atoms with Crippen molar-refractivity contribution < 1.29 is 23.1 Å². The van der Waals surface area contributed by atoms with E-state index < -0.39 is 34.6 Å². The fraction of sp³-hybridized carbons (Fsp3) is 0.192. The Morgan fingerprint density at radius 3 is 2.64 bits per heavy atom. The number of carbonyl (C=O) groups is 2. The van der Waals surface area contributed by atoms with Crippen LogP contribution in [-0.2, 0) is 11.3 Å². The molecule has 0 radical (unpaired) electrons. The number of aromatic amines is 1. The number of anilines is 2. The molecule has 3 heterocycles. The number of fused-ring (bicyclic) bond motifs is 1. The van der Waals surface area contributed by atoms with Crippen molar-refractivity contribution in [1.29, 1.82) is 0 Å². The minimum atomic E-state index is -0.925. The molecule has 13 heteroatoms. The third-order valence-corrected chi connectivity index (χ3v) is 6.32. The average molecular weight is 555 g/mol. The normalized spacial score (nSPS) is 13.4. The molecule has 1 aliphatic rings. The summed E-state index contributed by atoms with van der Waals surface area (Å²) in [7, 11) is 0. The molecule has 1 saturated heterocycles. The van der Waals surface area contributed by atoms with Gasteiger partial charge in [-0.05, 0) is 35.9 Å². The van der Waals surface area contributed by atoms with E-state index in [1.807, 2.05) is 4.90 Å². The van der Waals surface area contributed by atoms with E-state index in [0.717, 1.165) is 12.1 Å². The maximum absolute atomic E-state index is 14.5. The first-order chi connectivity index (χ1) is 18.8. The first-order valence-electron chi connectivity index (χ1n) is 11.8. The van der Waals surface area contributed by atoms with Crippen molar-refractivity contribution in [3.8, 4) is 0 Å². The first kappa shape index (κ1) is 26.2. The summed E-state index contributed by atoms with van der Waals surface area (Å²) < 4.78 is 33.2. The largest absolute Gasteiger partial charge is 0.378 e. The molecule has 0 spiro atoms. The standard InChI is InChI=1S/C26H21ClF2N6O4/c27-19-11-20(29)17(23(36)30-12-14-2-1-3-16(28)8-14)10-21(19)32-24(37)18-9-15-13-31-26(34-22(15)33-25(18)38)35-4-6-39-7-5-35/h1-3,8-11,13H,4-7,12H2,(H,30,36)(H,32,37)(H,31,33,34,38). The average Bonchev–Trinajstić information content (AvgIpc) is 2.93. The van der Waals surface area contributed by atoms with E-state index in [-0.39, 0.29) is 28.5 Å². The number of rotatable bonds is 6. The molecule has 2 amide bonds. The predicted octanol–water partition coefficient (Wildman–Crippen LogP) is 3.27. The fourth-order valence-electron chi connectivity index (χ4n) is 4.00. The van der Waals surface area contributed by atoms with Gasteiger partial charge < -0.3 is 25.3 Å². The molecule has 200 valence electrons. The maximum atomic E-state index is 14.5. The van der Waals surface area contributed by atoms with Crippen molar-refractivity contribution in [3.63, 3.8) is 0 Å². The Bertz CT molecular complexity index is 1640. The van der Waals surface area contributed by atoms with Crippen molar-refractivity contribution in [2.45, 2.75) is 6.54 Å². The molecule has 1 fully saturated rings. The summed E-state index contributed by atoms with van der Waals surface area (Å²) >= 11 is 6.11. The Morgan fingerprint density at radius 1 is 1.08 bits per heavy atom. The van der Waals surface area contributed by atoms with E-state index in [1.165, 1.54) is 30.5 Å². The third-order valence-electron chi connectivity index (χ3n) is 6.01. The summed E-state index contributed by atoms with van der Waals surface area (Å²) in [5, 5.41) is 5.17. The molecule has 0 bridgehead atoms. The summed E-state index contributed by atoms with van der Waals surface area (Å²) in [6.45, 7) is 2.25. The Hall–Kier alpha value is -4.42. The lowest BCUT2D eigenvalue weighted by atomic mass is 10.1. The molecule has 0 atom stereocenters. The van der Waals surface area contributed by atoms with Crippen molar-refractivity contribution in [2.24, 2.45) is 0 Å². The molecule has 2 aromatic heterocycles. The number of aromatic nitrogens is 3. The van der Waals surface area contributed by atoms with Crippen LogP contribution in [0.15, 0.2) is 53.5 Å². The number of hydrogen-bond acceptors (Lipinski definition) is 7. The predicted molar refractivity (Wildman–Crippen MR) is 140 cm³/mol. The van der Waals surface area contributed by atoms with Crippen LogP contribution in [0.25, 0.3) is 11.0 Å². The quantitative estimate of drug-likeness (QED) is 0.333. The zero-order chi connectivity index (χ0) is 27.5. The van der Waals surface area contributed by atoms with E-state index in [2.05, 4.69) is 25.6 Å². The number of morpholine rings is 1. The van der Waals surface area contributed by atoms with Gasteiger partial charge in [0, 0.05) is 31.2 Å². The van der Waals surface area contributed by atoms with Gasteiger partial charge in [0.2, 0.25) is 5.95 Å². The number of halogens is 3. The Morgan fingerprint density at radius 2 is 1.87 bits per heavy atom. The Balaban J connectivity index is 1.35. The highest BCUT2D eigenvalue weighted by atomic mass is 35.5. The van der Waals surface area contributed by atoms with Gasteiger partial charge in [-0.1, -0.05) is 23.7 Å². The summed E-state index contributed by atoms with van der Waals surface area (Å²) in [5.74, 6) is -2.61. The lowest BCUT2D eigenvalue weighted by Gasteiger charge is -2.26. The second-order valence-corrected chi connectivity index (χ2v) is 9.07. The lowest BCUT2D eigenvalue weighted by Crippen LogP contribution is -2.37. The zero-order valence-electron chi connectivity index (χ0n) is 20.3. The molecule has 3 N–H and O–H groups in total. The fourth-order valence-corrected chi connectivity index (χ4v) is 4.20. The maximum Gasteiger partial charge on any atom is 0.262 e. The number of ether oxygens (including phenoxy) is 1. The first-order valence-corrected chi connectivity index (χ1v) is 12.2. The van der Waals surface area contributed by atoms with Crippen LogP contribution >= 0.6 is 11.6 Å². The molecule has 0 saturated carbocycles. The monoisotopic (exact) mass is 554 g/mol. The molecule has 0 unspecified atom stereocenters. The summed E-state index contributed by atoms with van der Waals surface area (Å²) in [5.41, 5.74) is -0.728. The Labute approximate surface area is 225 Å². The number of pyridine rings is 1. The molecule has 0 aliphatic carbocycles. The van der Waals surface area contributed by atoms with Gasteiger partial charge in [-0.25, -0.2) is 13.8 Å². The molecule has 2 aromatic carbocycles. The van der Waals surface area contributed by atoms with Crippen LogP contribution in [0.4, 0.5) is 20.4 Å². The lowest BCUT2D eigenvalue weighted by molar-refractivity contribution is 0.0945. The summed E-state index contributed by atoms with van der Waals surface area (Å²) in [4.78, 5) is 51.5. The SMILES string of the molecule is O=C(NCc1cccc(F)c1)c1cc(NC(=O)c2cc3cnc(N4CCOCC4)nc3[nH]c2=O)c(Cl)cc1F. The van der Waals surface area contributed by atoms with Gasteiger partial charge in [0.1, 0.15) is 22.8 Å². The van der Waals surface area contributed by atoms with Crippen LogP contribution in [0, 0.1) is 11.6 Å². The number of H-pyrrole nitrogens is 1. The van der Waals surface area contributed by atoms with E-state index in [0.29, 0.717) is 43.2 Å². The number of nitrogens with zero attached hydrogens (tertiary/aromatic N) is 3. The highest BCUT2D eigenvalue weighted by Gasteiger charge is 2.20. The summed E-state index contributed by atoms with van der Waals surface area (Å²) in [6.07, 6.45) is 1.49. The van der Waals surface area contributed by atoms with Gasteiger partial charge in [0.25, 0.3) is 17.4 Å². The van der Waals surface area contributed by atoms with Crippen LogP contribution in [-0.4, -0.2) is 53.1 Å². The van der Waals surface area contributed by atoms with Gasteiger partial charge in [0.15, 0.2) is 0 Å². The highest BCUT2D eigenvalue weighted by molar-refractivity contribution is 6.34. The van der Waals surface area contributed by atoms with Crippen LogP contribution in [0.2, 0.25) is 5.02 Å². The van der Waals surface area contributed by atoms with E-state index >= 15 is 0 Å². The van der Waals surface area contributed by atoms with Crippen molar-refractivity contribution in [2.75, 3.05) is 36.5 Å². The molecular formula is C26H21ClF2N6O4. The van der Waals surface area contributed by atoms with Gasteiger partial charge in [-0.2, -0.15) is 4.98 Å². The van der Waals surface area contributed by atoms with Crippen LogP contribution in [0.3, 0.4) is 0 Å². The third kappa shape index (κ3) is 5.86. The second-order valence-electron chi connectivity index (χ2n) is 8.66. The number of nitrogens with one attached hydrogen (secondary N) is 3. The van der Waals surface area contributed by atoms with Gasteiger partial charge in [-0.3, -0.25) is 14.4 Å².